The van der Waals surface area contributed by atoms with Crippen LogP contribution in [0.1, 0.15) is 82.9 Å². The smallest absolute Gasteiger partial charge is 0.309 e. The summed E-state index contributed by atoms with van der Waals surface area (Å²) in [6.07, 6.45) is 17.3. The number of Topliss-reactive ketones (excluding diaryl/α,β-unsaturated/α-hetero) is 1. The number of carboxylic acid groups (broad SMARTS) is 1. The fraction of sp³-hybridized carbons (Fsp3) is 0.395. The number of ketones is 1. The number of fused-ring (bicyclic) bond motifs is 1. The van der Waals surface area contributed by atoms with Crippen molar-refractivity contribution in [1.82, 2.24) is 4.57 Å². The summed E-state index contributed by atoms with van der Waals surface area (Å²) in [7, 11) is 0. The van der Waals surface area contributed by atoms with Crippen molar-refractivity contribution in [2.24, 2.45) is 15.8 Å². The highest BCUT2D eigenvalue weighted by Gasteiger charge is 2.33. The molecule has 1 aliphatic heterocycles. The minimum Gasteiger partial charge on any atom is -0.491 e. The van der Waals surface area contributed by atoms with Crippen LogP contribution < -0.4 is 10.6 Å². The molecule has 2 aliphatic rings. The molecule has 0 spiro atoms. The van der Waals surface area contributed by atoms with E-state index in [0.29, 0.717) is 31.6 Å². The van der Waals surface area contributed by atoms with Gasteiger partial charge in [-0.15, -0.1) is 12.6 Å². The van der Waals surface area contributed by atoms with Crippen LogP contribution in [0.3, 0.4) is 0 Å². The molecule has 4 rings (SSSR count). The first kappa shape index (κ1) is 34.0. The molecule has 1 aliphatic carbocycles. The number of allylic oxidation sites excluding steroid dienone is 5. The van der Waals surface area contributed by atoms with E-state index in [1.165, 1.54) is 0 Å². The minimum absolute atomic E-state index is 0.0193. The molecule has 0 amide bonds. The zero-order valence-corrected chi connectivity index (χ0v) is 28.4. The minimum atomic E-state index is -1.07. The summed E-state index contributed by atoms with van der Waals surface area (Å²) in [5.41, 5.74) is 3.11. The van der Waals surface area contributed by atoms with E-state index in [1.54, 1.807) is 13.8 Å². The molecule has 1 aromatic heterocycles. The standard InChI is InChI=1S/C38H46N2O4S/c1-8-9-10-27-13-14-28(39-25(27)2)24-44-29-15-19-31-32(20-16-29)40(23-26-11-17-30(45)18-12-26)33(21-38(6,7)36(42)43)35(31)34(41)22-37(3,4)5/h8-14,16-20,25,45H,15,21-24H2,1-7H3,(H,42,43)/b9-8-,27-10-. The molecule has 0 bridgehead atoms. The van der Waals surface area contributed by atoms with Crippen molar-refractivity contribution in [3.05, 3.63) is 99.4 Å². The zero-order chi connectivity index (χ0) is 32.9. The molecule has 1 atom stereocenters. The first-order valence-electron chi connectivity index (χ1n) is 15.6. The highest BCUT2D eigenvalue weighted by atomic mass is 32.1. The maximum atomic E-state index is 14.1. The van der Waals surface area contributed by atoms with E-state index < -0.39 is 11.4 Å². The van der Waals surface area contributed by atoms with Crippen molar-refractivity contribution in [3.63, 3.8) is 0 Å². The molecule has 1 unspecified atom stereocenters. The number of hydrogen-bond donors (Lipinski definition) is 2. The van der Waals surface area contributed by atoms with Crippen LogP contribution in [0.15, 0.2) is 81.9 Å². The fourth-order valence-electron chi connectivity index (χ4n) is 5.52. The van der Waals surface area contributed by atoms with Crippen molar-refractivity contribution < 1.29 is 19.4 Å². The number of rotatable bonds is 11. The first-order valence-corrected chi connectivity index (χ1v) is 16.0. The summed E-state index contributed by atoms with van der Waals surface area (Å²) in [5, 5.41) is 11.8. The average Bonchev–Trinajstić information content (AvgIpc) is 3.08. The van der Waals surface area contributed by atoms with Gasteiger partial charge in [0.25, 0.3) is 0 Å². The third-order valence-electron chi connectivity index (χ3n) is 8.02. The largest absolute Gasteiger partial charge is 0.491 e. The number of thiol groups is 1. The van der Waals surface area contributed by atoms with E-state index in [-0.39, 0.29) is 23.7 Å². The Kier molecular flexibility index (Phi) is 10.6. The molecule has 0 radical (unpaired) electrons. The molecular formula is C38H46N2O4S. The first-order chi connectivity index (χ1) is 21.2. The summed E-state index contributed by atoms with van der Waals surface area (Å²) in [6.45, 7) is 14.5. The highest BCUT2D eigenvalue weighted by Crippen LogP contribution is 2.28. The van der Waals surface area contributed by atoms with Crippen LogP contribution in [0.2, 0.25) is 0 Å². The number of nitrogens with zero attached hydrogens (tertiary/aromatic N) is 2. The monoisotopic (exact) mass is 626 g/mol. The lowest BCUT2D eigenvalue weighted by atomic mass is 9.83. The fourth-order valence-corrected chi connectivity index (χ4v) is 5.67. The van der Waals surface area contributed by atoms with Crippen LogP contribution in [0, 0.1) is 10.8 Å². The molecule has 0 saturated carbocycles. The van der Waals surface area contributed by atoms with Gasteiger partial charge in [0.05, 0.1) is 17.2 Å². The molecule has 1 N–H and O–H groups in total. The summed E-state index contributed by atoms with van der Waals surface area (Å²) in [4.78, 5) is 32.1. The van der Waals surface area contributed by atoms with E-state index >= 15 is 0 Å². The van der Waals surface area contributed by atoms with E-state index in [0.717, 1.165) is 43.8 Å². The predicted molar refractivity (Wildman–Crippen MR) is 187 cm³/mol. The number of aliphatic imine (C=N–C) groups is 1. The van der Waals surface area contributed by atoms with Crippen LogP contribution in [0.25, 0.3) is 12.2 Å². The summed E-state index contributed by atoms with van der Waals surface area (Å²) < 4.78 is 8.38. The van der Waals surface area contributed by atoms with E-state index in [4.69, 9.17) is 9.73 Å². The van der Waals surface area contributed by atoms with Crippen LogP contribution in [0.5, 0.6) is 0 Å². The highest BCUT2D eigenvalue weighted by molar-refractivity contribution is 7.80. The van der Waals surface area contributed by atoms with Crippen LogP contribution in [-0.4, -0.2) is 39.8 Å². The number of benzene rings is 1. The van der Waals surface area contributed by atoms with Gasteiger partial charge in [-0.3, -0.25) is 14.6 Å². The molecule has 6 nitrogen and oxygen atoms in total. The quantitative estimate of drug-likeness (QED) is 0.211. The van der Waals surface area contributed by atoms with Gasteiger partial charge in [-0.2, -0.15) is 0 Å². The number of carbonyl (C=O) groups is 2. The maximum absolute atomic E-state index is 14.1. The summed E-state index contributed by atoms with van der Waals surface area (Å²) in [6, 6.07) is 7.97. The normalized spacial score (nSPS) is 17.7. The lowest BCUT2D eigenvalue weighted by molar-refractivity contribution is -0.146. The molecule has 1 aromatic carbocycles. The number of carboxylic acids is 1. The zero-order valence-electron chi connectivity index (χ0n) is 27.6. The number of ether oxygens (including phenoxy) is 1. The Hall–Kier alpha value is -3.84. The molecule has 7 heteroatoms. The molecule has 0 saturated heterocycles. The molecule has 0 fully saturated rings. The number of hydrogen-bond acceptors (Lipinski definition) is 5. The molecule has 2 aromatic rings. The van der Waals surface area contributed by atoms with Crippen molar-refractivity contribution in [1.29, 1.82) is 0 Å². The number of aromatic nitrogens is 1. The van der Waals surface area contributed by atoms with Crippen molar-refractivity contribution in [3.8, 4) is 0 Å². The van der Waals surface area contributed by atoms with Crippen molar-refractivity contribution in [2.75, 3.05) is 6.61 Å². The number of carbonyl (C=O) groups excluding carboxylic acids is 1. The second kappa shape index (κ2) is 14.1. The Morgan fingerprint density at radius 3 is 2.44 bits per heavy atom. The van der Waals surface area contributed by atoms with Gasteiger partial charge in [0.15, 0.2) is 5.78 Å². The van der Waals surface area contributed by atoms with Crippen molar-refractivity contribution in [2.45, 2.75) is 85.2 Å². The van der Waals surface area contributed by atoms with Crippen LogP contribution in [-0.2, 0) is 22.5 Å². The lowest BCUT2D eigenvalue weighted by Crippen LogP contribution is -2.32. The second-order valence-electron chi connectivity index (χ2n) is 13.7. The lowest BCUT2D eigenvalue weighted by Gasteiger charge is -2.23. The predicted octanol–water partition coefficient (Wildman–Crippen LogP) is 6.86. The van der Waals surface area contributed by atoms with Gasteiger partial charge in [0.2, 0.25) is 0 Å². The molecule has 2 heterocycles. The molecule has 238 valence electrons. The van der Waals surface area contributed by atoms with Gasteiger partial charge >= 0.3 is 5.97 Å². The SMILES string of the molecule is C/C=C\C=C1\C=CC(COC2=CC=c3c(c(C(=O)CC(C)(C)C)c(CC(C)(C)C(=O)O)n3Cc3ccc(S)cc3)=CC2)=NC1C. The average molecular weight is 627 g/mol. The Morgan fingerprint density at radius 1 is 1.11 bits per heavy atom. The number of aliphatic carboxylic acids is 1. The van der Waals surface area contributed by atoms with Gasteiger partial charge in [-0.25, -0.2) is 0 Å². The maximum Gasteiger partial charge on any atom is 0.309 e. The molecular weight excluding hydrogens is 580 g/mol. The third kappa shape index (κ3) is 8.66. The van der Waals surface area contributed by atoms with Gasteiger partial charge in [-0.1, -0.05) is 63.3 Å². The Bertz CT molecular complexity index is 1720. The third-order valence-corrected chi connectivity index (χ3v) is 8.31. The summed E-state index contributed by atoms with van der Waals surface area (Å²) in [5.74, 6) is -0.107. The second-order valence-corrected chi connectivity index (χ2v) is 14.2. The van der Waals surface area contributed by atoms with E-state index in [9.17, 15) is 14.7 Å². The van der Waals surface area contributed by atoms with Gasteiger partial charge in [0, 0.05) is 52.5 Å². The number of dihydropyridines is 1. The Morgan fingerprint density at radius 2 is 1.82 bits per heavy atom. The van der Waals surface area contributed by atoms with Crippen LogP contribution in [0.4, 0.5) is 0 Å². The van der Waals surface area contributed by atoms with Gasteiger partial charge < -0.3 is 14.4 Å². The van der Waals surface area contributed by atoms with Gasteiger partial charge in [0.1, 0.15) is 12.4 Å². The van der Waals surface area contributed by atoms with Crippen molar-refractivity contribution >= 4 is 42.2 Å². The van der Waals surface area contributed by atoms with E-state index in [1.807, 2.05) is 82.3 Å². The molecule has 45 heavy (non-hydrogen) atoms. The Labute approximate surface area is 272 Å². The summed E-state index contributed by atoms with van der Waals surface area (Å²) >= 11 is 4.44. The van der Waals surface area contributed by atoms with E-state index in [2.05, 4.69) is 42.3 Å². The Balaban J connectivity index is 1.78. The van der Waals surface area contributed by atoms with Crippen LogP contribution >= 0.6 is 12.6 Å². The topological polar surface area (TPSA) is 80.9 Å². The van der Waals surface area contributed by atoms with Gasteiger partial charge in [-0.05, 0) is 74.6 Å².